The quantitative estimate of drug-likeness (QED) is 0.573. The van der Waals surface area contributed by atoms with Gasteiger partial charge in [-0.15, -0.1) is 5.10 Å². The van der Waals surface area contributed by atoms with Gasteiger partial charge in [-0.2, -0.15) is 17.6 Å². The van der Waals surface area contributed by atoms with E-state index in [4.69, 9.17) is 10.5 Å². The Morgan fingerprint density at radius 3 is 2.41 bits per heavy atom. The number of aryl methyl sites for hydroxylation is 1. The highest BCUT2D eigenvalue weighted by molar-refractivity contribution is 5.64. The lowest BCUT2D eigenvalue weighted by atomic mass is 10.0. The van der Waals surface area contributed by atoms with E-state index in [1.54, 1.807) is 6.07 Å². The third-order valence-corrected chi connectivity index (χ3v) is 5.06. The fourth-order valence-electron chi connectivity index (χ4n) is 3.21. The van der Waals surface area contributed by atoms with Crippen LogP contribution in [0.2, 0.25) is 0 Å². The number of nitrogens with two attached hydrogens (primary N) is 1. The number of ether oxygens (including phenoxy) is 1. The number of halogens is 4. The Morgan fingerprint density at radius 2 is 1.83 bits per heavy atom. The van der Waals surface area contributed by atoms with Crippen molar-refractivity contribution < 1.29 is 22.3 Å². The first kappa shape index (κ1) is 19.4. The van der Waals surface area contributed by atoms with Crippen molar-refractivity contribution in [2.24, 2.45) is 5.73 Å². The monoisotopic (exact) mass is 405 g/mol. The minimum atomic E-state index is -4.45. The molecule has 0 spiro atoms. The van der Waals surface area contributed by atoms with Crippen LogP contribution < -0.4 is 10.5 Å². The van der Waals surface area contributed by atoms with E-state index in [9.17, 15) is 13.2 Å². The molecule has 0 unspecified atom stereocenters. The Hall–Kier alpha value is -2.87. The second kappa shape index (κ2) is 6.88. The van der Waals surface area contributed by atoms with Crippen molar-refractivity contribution in [1.82, 2.24) is 9.78 Å². The summed E-state index contributed by atoms with van der Waals surface area (Å²) in [5.74, 6) is -0.900. The number of hydrogen-bond donors (Lipinski definition) is 1. The summed E-state index contributed by atoms with van der Waals surface area (Å²) in [6, 6.07) is 11.4. The molecule has 0 aliphatic heterocycles. The topological polar surface area (TPSA) is 53.1 Å². The number of rotatable bonds is 5. The van der Waals surface area contributed by atoms with Gasteiger partial charge in [0.15, 0.2) is 0 Å². The molecule has 4 rings (SSSR count). The molecule has 1 saturated carbocycles. The van der Waals surface area contributed by atoms with Gasteiger partial charge in [0, 0.05) is 17.6 Å². The Kier molecular flexibility index (Phi) is 4.61. The zero-order valence-electron chi connectivity index (χ0n) is 15.6. The summed E-state index contributed by atoms with van der Waals surface area (Å²) < 4.78 is 60.1. The van der Waals surface area contributed by atoms with Crippen molar-refractivity contribution in [2.45, 2.75) is 38.0 Å². The fourth-order valence-corrected chi connectivity index (χ4v) is 3.21. The van der Waals surface area contributed by atoms with E-state index in [1.807, 2.05) is 25.1 Å². The standard InChI is InChI=1S/C21H19F4N3O/c1-2-28-18(13-4-3-5-15(12-13)20(26)10-11-20)17(22)19(27-28)29-16-8-6-14(7-9-16)21(23,24)25/h3-9,12H,2,10-11,26H2,1H3. The summed E-state index contributed by atoms with van der Waals surface area (Å²) in [5.41, 5.74) is 6.89. The molecule has 29 heavy (non-hydrogen) atoms. The highest BCUT2D eigenvalue weighted by Gasteiger charge is 2.40. The Balaban J connectivity index is 1.66. The van der Waals surface area contributed by atoms with E-state index in [1.165, 1.54) is 4.68 Å². The van der Waals surface area contributed by atoms with Gasteiger partial charge in [0.25, 0.3) is 5.88 Å². The van der Waals surface area contributed by atoms with Gasteiger partial charge in [-0.25, -0.2) is 0 Å². The van der Waals surface area contributed by atoms with E-state index in [0.29, 0.717) is 12.1 Å². The summed E-state index contributed by atoms with van der Waals surface area (Å²) in [6.45, 7) is 2.20. The molecular weight excluding hydrogens is 386 g/mol. The van der Waals surface area contributed by atoms with Crippen LogP contribution in [0.3, 0.4) is 0 Å². The first-order valence-corrected chi connectivity index (χ1v) is 9.22. The fraction of sp³-hybridized carbons (Fsp3) is 0.286. The lowest BCUT2D eigenvalue weighted by molar-refractivity contribution is -0.137. The predicted molar refractivity (Wildman–Crippen MR) is 99.9 cm³/mol. The predicted octanol–water partition coefficient (Wildman–Crippen LogP) is 5.47. The summed E-state index contributed by atoms with van der Waals surface area (Å²) in [7, 11) is 0. The molecule has 8 heteroatoms. The molecule has 4 nitrogen and oxygen atoms in total. The van der Waals surface area contributed by atoms with Crippen LogP contribution in [0.25, 0.3) is 11.3 Å². The minimum absolute atomic E-state index is 0.0665. The van der Waals surface area contributed by atoms with E-state index in [2.05, 4.69) is 5.10 Å². The Morgan fingerprint density at radius 1 is 1.14 bits per heavy atom. The number of benzene rings is 2. The Bertz CT molecular complexity index is 1040. The number of hydrogen-bond acceptors (Lipinski definition) is 3. The van der Waals surface area contributed by atoms with Crippen LogP contribution in [0.15, 0.2) is 48.5 Å². The summed E-state index contributed by atoms with van der Waals surface area (Å²) in [6.07, 6.45) is -2.68. The molecule has 1 fully saturated rings. The van der Waals surface area contributed by atoms with Gasteiger partial charge in [0.2, 0.25) is 5.82 Å². The normalized spacial score (nSPS) is 15.4. The molecular formula is C21H19F4N3O. The molecule has 0 saturated heterocycles. The molecule has 1 aliphatic carbocycles. The van der Waals surface area contributed by atoms with Crippen LogP contribution in [-0.2, 0) is 18.3 Å². The third kappa shape index (κ3) is 3.72. The second-order valence-electron chi connectivity index (χ2n) is 7.14. The SMILES string of the molecule is CCn1nc(Oc2ccc(C(F)(F)F)cc2)c(F)c1-c1cccc(C2(N)CC2)c1. The summed E-state index contributed by atoms with van der Waals surface area (Å²) >= 11 is 0. The van der Waals surface area contributed by atoms with Gasteiger partial charge in [-0.3, -0.25) is 4.68 Å². The van der Waals surface area contributed by atoms with Crippen molar-refractivity contribution in [3.05, 3.63) is 65.5 Å². The Labute approximate surface area is 164 Å². The molecule has 0 bridgehead atoms. The maximum atomic E-state index is 15.1. The zero-order valence-corrected chi connectivity index (χ0v) is 15.6. The van der Waals surface area contributed by atoms with E-state index >= 15 is 4.39 Å². The molecule has 1 heterocycles. The maximum Gasteiger partial charge on any atom is 0.416 e. The average Bonchev–Trinajstić information content (AvgIpc) is 3.37. The molecule has 3 aromatic rings. The van der Waals surface area contributed by atoms with Crippen LogP contribution in [-0.4, -0.2) is 9.78 Å². The third-order valence-electron chi connectivity index (χ3n) is 5.06. The van der Waals surface area contributed by atoms with Crippen LogP contribution in [0.4, 0.5) is 17.6 Å². The second-order valence-corrected chi connectivity index (χ2v) is 7.14. The number of alkyl halides is 3. The average molecular weight is 405 g/mol. The summed E-state index contributed by atoms with van der Waals surface area (Å²) in [4.78, 5) is 0. The van der Waals surface area contributed by atoms with Crippen LogP contribution >= 0.6 is 0 Å². The van der Waals surface area contributed by atoms with Gasteiger partial charge < -0.3 is 10.5 Å². The lowest BCUT2D eigenvalue weighted by Crippen LogP contribution is -2.18. The molecule has 0 radical (unpaired) electrons. The molecule has 1 aromatic heterocycles. The molecule has 0 amide bonds. The van der Waals surface area contributed by atoms with Crippen molar-refractivity contribution >= 4 is 0 Å². The van der Waals surface area contributed by atoms with Gasteiger partial charge in [-0.05, 0) is 55.7 Å². The van der Waals surface area contributed by atoms with E-state index in [0.717, 1.165) is 42.7 Å². The highest BCUT2D eigenvalue weighted by Crippen LogP contribution is 2.44. The van der Waals surface area contributed by atoms with Gasteiger partial charge in [-0.1, -0.05) is 18.2 Å². The molecule has 0 atom stereocenters. The van der Waals surface area contributed by atoms with E-state index in [-0.39, 0.29) is 22.9 Å². The maximum absolute atomic E-state index is 15.1. The van der Waals surface area contributed by atoms with Gasteiger partial charge in [0.1, 0.15) is 11.4 Å². The summed E-state index contributed by atoms with van der Waals surface area (Å²) in [5, 5.41) is 4.14. The number of nitrogens with zero attached hydrogens (tertiary/aromatic N) is 2. The smallest absolute Gasteiger partial charge is 0.416 e. The molecule has 2 aromatic carbocycles. The molecule has 1 aliphatic rings. The minimum Gasteiger partial charge on any atom is -0.435 e. The zero-order chi connectivity index (χ0) is 20.8. The van der Waals surface area contributed by atoms with Crippen molar-refractivity contribution in [1.29, 1.82) is 0 Å². The van der Waals surface area contributed by atoms with Crippen LogP contribution in [0.1, 0.15) is 30.9 Å². The number of aromatic nitrogens is 2. The largest absolute Gasteiger partial charge is 0.435 e. The van der Waals surface area contributed by atoms with Gasteiger partial charge >= 0.3 is 6.18 Å². The first-order valence-electron chi connectivity index (χ1n) is 9.22. The first-order chi connectivity index (χ1) is 13.7. The molecule has 2 N–H and O–H groups in total. The van der Waals surface area contributed by atoms with E-state index < -0.39 is 17.6 Å². The van der Waals surface area contributed by atoms with Crippen molar-refractivity contribution in [3.8, 4) is 22.9 Å². The van der Waals surface area contributed by atoms with Crippen LogP contribution in [0.5, 0.6) is 11.6 Å². The van der Waals surface area contributed by atoms with Gasteiger partial charge in [0.05, 0.1) is 5.56 Å². The molecule has 152 valence electrons. The van der Waals surface area contributed by atoms with Crippen LogP contribution in [0, 0.1) is 5.82 Å². The van der Waals surface area contributed by atoms with Crippen molar-refractivity contribution in [3.63, 3.8) is 0 Å². The van der Waals surface area contributed by atoms with Crippen molar-refractivity contribution in [2.75, 3.05) is 0 Å². The highest BCUT2D eigenvalue weighted by atomic mass is 19.4. The lowest BCUT2D eigenvalue weighted by Gasteiger charge is -2.11.